The third-order valence-electron chi connectivity index (χ3n) is 8.20. The van der Waals surface area contributed by atoms with Gasteiger partial charge >= 0.3 is 0 Å². The fourth-order valence-corrected chi connectivity index (χ4v) is 5.56. The van der Waals surface area contributed by atoms with Crippen molar-refractivity contribution < 1.29 is 28.6 Å². The van der Waals surface area contributed by atoms with Crippen molar-refractivity contribution >= 4 is 17.4 Å². The largest absolute Gasteiger partial charge is 0.507 e. The Morgan fingerprint density at radius 2 is 1.35 bits per heavy atom. The lowest BCUT2D eigenvalue weighted by molar-refractivity contribution is -0.140. The topological polar surface area (TPSA) is 79.3 Å². The summed E-state index contributed by atoms with van der Waals surface area (Å²) < 4.78 is 25.0. The van der Waals surface area contributed by atoms with Crippen LogP contribution in [0.25, 0.3) is 5.76 Å². The molecule has 1 fully saturated rings. The number of aliphatic hydroxyl groups excluding tert-OH is 1. The number of rotatable bonds is 14. The molecule has 1 aliphatic rings. The standard InChI is InChI=1S/C38H39FN2O5/c1-3-40(4-2)23-8-24-41-35(29-13-19-32(20-14-29)45-25-27-9-6-5-7-10-27)34(37(43)38(41)44)36(42)30-15-21-33(22-16-30)46-26-28-11-17-31(39)18-12-28/h5-7,9-22,35,42H,3-4,8,23-26H2,1-2H3/b36-34+. The molecule has 0 saturated carbocycles. The van der Waals surface area contributed by atoms with Gasteiger partial charge in [0.2, 0.25) is 0 Å². The van der Waals surface area contributed by atoms with Gasteiger partial charge in [-0.1, -0.05) is 68.4 Å². The second kappa shape index (κ2) is 15.4. The number of benzene rings is 4. The van der Waals surface area contributed by atoms with E-state index in [-0.39, 0.29) is 23.8 Å². The molecule has 238 valence electrons. The van der Waals surface area contributed by atoms with Gasteiger partial charge in [-0.25, -0.2) is 4.39 Å². The first-order valence-corrected chi connectivity index (χ1v) is 15.6. The van der Waals surface area contributed by atoms with Crippen molar-refractivity contribution in [2.24, 2.45) is 0 Å². The van der Waals surface area contributed by atoms with Crippen molar-refractivity contribution in [2.75, 3.05) is 26.2 Å². The first-order chi connectivity index (χ1) is 22.4. The van der Waals surface area contributed by atoms with Gasteiger partial charge in [-0.05, 0) is 91.3 Å². The maximum Gasteiger partial charge on any atom is 0.295 e. The summed E-state index contributed by atoms with van der Waals surface area (Å²) in [5, 5.41) is 11.5. The summed E-state index contributed by atoms with van der Waals surface area (Å²) in [5.41, 5.74) is 3.00. The molecule has 0 aliphatic carbocycles. The number of nitrogens with zero attached hydrogens (tertiary/aromatic N) is 2. The maximum absolute atomic E-state index is 13.5. The third kappa shape index (κ3) is 7.82. The van der Waals surface area contributed by atoms with Crippen LogP contribution in [0.4, 0.5) is 4.39 Å². The van der Waals surface area contributed by atoms with Crippen molar-refractivity contribution in [1.29, 1.82) is 0 Å². The molecule has 1 saturated heterocycles. The van der Waals surface area contributed by atoms with Crippen molar-refractivity contribution in [2.45, 2.75) is 39.5 Å². The number of hydrogen-bond acceptors (Lipinski definition) is 6. The summed E-state index contributed by atoms with van der Waals surface area (Å²) in [7, 11) is 0. The molecule has 0 radical (unpaired) electrons. The van der Waals surface area contributed by atoms with Crippen LogP contribution in [-0.2, 0) is 22.8 Å². The Hall–Kier alpha value is -4.95. The van der Waals surface area contributed by atoms with Crippen LogP contribution in [0.2, 0.25) is 0 Å². The summed E-state index contributed by atoms with van der Waals surface area (Å²) in [4.78, 5) is 30.8. The van der Waals surface area contributed by atoms with Crippen LogP contribution in [0.3, 0.4) is 0 Å². The minimum absolute atomic E-state index is 0.0470. The Bertz CT molecular complexity index is 1630. The number of carbonyl (C=O) groups is 2. The first kappa shape index (κ1) is 32.4. The van der Waals surface area contributed by atoms with E-state index in [1.807, 2.05) is 54.6 Å². The van der Waals surface area contributed by atoms with Gasteiger partial charge in [0.25, 0.3) is 11.7 Å². The van der Waals surface area contributed by atoms with Crippen LogP contribution < -0.4 is 9.47 Å². The molecule has 1 N–H and O–H groups in total. The molecular weight excluding hydrogens is 583 g/mol. The summed E-state index contributed by atoms with van der Waals surface area (Å²) in [6.07, 6.45) is 0.684. The SMILES string of the molecule is CCN(CC)CCCN1C(=O)C(=O)/C(=C(/O)c2ccc(OCc3ccc(F)cc3)cc2)C1c1ccc(OCc2ccccc2)cc1. The molecular formula is C38H39FN2O5. The number of Topliss-reactive ketones (excluding diaryl/α,β-unsaturated/α-hetero) is 1. The molecule has 1 aliphatic heterocycles. The lowest BCUT2D eigenvalue weighted by atomic mass is 9.95. The van der Waals surface area contributed by atoms with E-state index in [4.69, 9.17) is 9.47 Å². The molecule has 7 nitrogen and oxygen atoms in total. The molecule has 1 amide bonds. The normalized spacial score (nSPS) is 15.8. The van der Waals surface area contributed by atoms with E-state index >= 15 is 0 Å². The number of hydrogen-bond donors (Lipinski definition) is 1. The van der Waals surface area contributed by atoms with Gasteiger partial charge in [-0.3, -0.25) is 9.59 Å². The average Bonchev–Trinajstić information content (AvgIpc) is 3.34. The maximum atomic E-state index is 13.5. The highest BCUT2D eigenvalue weighted by Crippen LogP contribution is 2.40. The van der Waals surface area contributed by atoms with Crippen LogP contribution >= 0.6 is 0 Å². The smallest absolute Gasteiger partial charge is 0.295 e. The Morgan fingerprint density at radius 3 is 1.93 bits per heavy atom. The second-order valence-corrected chi connectivity index (χ2v) is 11.2. The molecule has 1 atom stereocenters. The highest BCUT2D eigenvalue weighted by Gasteiger charge is 2.45. The van der Waals surface area contributed by atoms with E-state index in [2.05, 4.69) is 18.7 Å². The van der Waals surface area contributed by atoms with E-state index in [1.54, 1.807) is 41.3 Å². The molecule has 0 aromatic heterocycles. The Labute approximate surface area is 269 Å². The number of aliphatic hydroxyl groups is 1. The minimum Gasteiger partial charge on any atom is -0.507 e. The Balaban J connectivity index is 1.39. The molecule has 0 spiro atoms. The lowest BCUT2D eigenvalue weighted by Crippen LogP contribution is -2.33. The summed E-state index contributed by atoms with van der Waals surface area (Å²) >= 11 is 0. The van der Waals surface area contributed by atoms with Crippen molar-refractivity contribution in [3.8, 4) is 11.5 Å². The van der Waals surface area contributed by atoms with Crippen LogP contribution in [0.15, 0.2) is 109 Å². The number of ether oxygens (including phenoxy) is 2. The highest BCUT2D eigenvalue weighted by molar-refractivity contribution is 6.46. The highest BCUT2D eigenvalue weighted by atomic mass is 19.1. The quantitative estimate of drug-likeness (QED) is 0.0916. The van der Waals surface area contributed by atoms with Crippen LogP contribution in [0.1, 0.15) is 48.6 Å². The van der Waals surface area contributed by atoms with Crippen LogP contribution in [0.5, 0.6) is 11.5 Å². The molecule has 8 heteroatoms. The minimum atomic E-state index is -0.755. The number of likely N-dealkylation sites (tertiary alicyclic amines) is 1. The summed E-state index contributed by atoms with van der Waals surface area (Å²) in [6, 6.07) is 29.2. The van der Waals surface area contributed by atoms with E-state index in [1.165, 1.54) is 12.1 Å². The molecule has 4 aromatic carbocycles. The molecule has 1 heterocycles. The van der Waals surface area contributed by atoms with E-state index < -0.39 is 17.7 Å². The first-order valence-electron chi connectivity index (χ1n) is 15.6. The molecule has 5 rings (SSSR count). The lowest BCUT2D eigenvalue weighted by Gasteiger charge is -2.27. The molecule has 46 heavy (non-hydrogen) atoms. The van der Waals surface area contributed by atoms with E-state index in [0.717, 1.165) is 30.8 Å². The van der Waals surface area contributed by atoms with Crippen molar-refractivity contribution in [1.82, 2.24) is 9.80 Å². The summed E-state index contributed by atoms with van der Waals surface area (Å²) in [5.74, 6) is -0.711. The zero-order valence-corrected chi connectivity index (χ0v) is 26.2. The number of halogens is 1. The summed E-state index contributed by atoms with van der Waals surface area (Å²) in [6.45, 7) is 7.79. The van der Waals surface area contributed by atoms with Gasteiger partial charge in [0, 0.05) is 12.1 Å². The zero-order chi connectivity index (χ0) is 32.5. The predicted octanol–water partition coefficient (Wildman–Crippen LogP) is 7.14. The van der Waals surface area contributed by atoms with Gasteiger partial charge in [-0.15, -0.1) is 0 Å². The van der Waals surface area contributed by atoms with Gasteiger partial charge in [0.05, 0.1) is 11.6 Å². The fraction of sp³-hybridized carbons (Fsp3) is 0.263. The van der Waals surface area contributed by atoms with Gasteiger partial charge in [0.1, 0.15) is 36.3 Å². The van der Waals surface area contributed by atoms with Crippen molar-refractivity contribution in [3.05, 3.63) is 137 Å². The Morgan fingerprint density at radius 1 is 0.783 bits per heavy atom. The molecule has 1 unspecified atom stereocenters. The van der Waals surface area contributed by atoms with Gasteiger partial charge in [0.15, 0.2) is 0 Å². The van der Waals surface area contributed by atoms with Crippen molar-refractivity contribution in [3.63, 3.8) is 0 Å². The van der Waals surface area contributed by atoms with E-state index in [0.29, 0.717) is 42.2 Å². The Kier molecular flexibility index (Phi) is 10.8. The van der Waals surface area contributed by atoms with E-state index in [9.17, 15) is 19.1 Å². The number of carbonyl (C=O) groups excluding carboxylic acids is 2. The van der Waals surface area contributed by atoms with Crippen LogP contribution in [-0.4, -0.2) is 52.8 Å². The van der Waals surface area contributed by atoms with Crippen LogP contribution in [0, 0.1) is 5.82 Å². The second-order valence-electron chi connectivity index (χ2n) is 11.2. The number of amides is 1. The molecule has 0 bridgehead atoms. The van der Waals surface area contributed by atoms with Gasteiger partial charge < -0.3 is 24.4 Å². The number of ketones is 1. The predicted molar refractivity (Wildman–Crippen MR) is 176 cm³/mol. The molecule has 4 aromatic rings. The zero-order valence-electron chi connectivity index (χ0n) is 26.2. The monoisotopic (exact) mass is 622 g/mol. The fourth-order valence-electron chi connectivity index (χ4n) is 5.56. The third-order valence-corrected chi connectivity index (χ3v) is 8.20. The van der Waals surface area contributed by atoms with Gasteiger partial charge in [-0.2, -0.15) is 0 Å². The average molecular weight is 623 g/mol.